The van der Waals surface area contributed by atoms with Crippen LogP contribution in [0, 0.1) is 5.92 Å². The minimum atomic E-state index is 0. The monoisotopic (exact) mass is 336 g/mol. The van der Waals surface area contributed by atoms with E-state index in [1.807, 2.05) is 32.2 Å². The number of rotatable bonds is 9. The number of aromatic nitrogens is 1. The van der Waals surface area contributed by atoms with Gasteiger partial charge in [-0.05, 0) is 32.0 Å². The highest BCUT2D eigenvalue weighted by Crippen LogP contribution is 2.00. The molecule has 0 radical (unpaired) electrons. The number of carbonyl (C=O) groups is 1. The standard InChI is InChI=1S/C14H24N4O.2ClH/c1-12(11-15-2)14(19)18-10-6-5-9-17-13-7-3-4-8-16-13;;/h3-4,7-8,12,15H,5-6,9-11H2,1-2H3,(H,16,17)(H,18,19);2*1H. The van der Waals surface area contributed by atoms with Crippen molar-refractivity contribution in [3.05, 3.63) is 24.4 Å². The third-order valence-corrected chi connectivity index (χ3v) is 2.83. The van der Waals surface area contributed by atoms with Crippen LogP contribution < -0.4 is 16.0 Å². The SMILES string of the molecule is CNCC(C)C(=O)NCCCCNc1ccccn1.Cl.Cl. The summed E-state index contributed by atoms with van der Waals surface area (Å²) >= 11 is 0. The molecule has 1 atom stereocenters. The molecule has 0 aliphatic heterocycles. The van der Waals surface area contributed by atoms with Crippen molar-refractivity contribution in [2.75, 3.05) is 32.0 Å². The van der Waals surface area contributed by atoms with Crippen LogP contribution in [0.2, 0.25) is 0 Å². The number of amides is 1. The van der Waals surface area contributed by atoms with Gasteiger partial charge < -0.3 is 16.0 Å². The predicted molar refractivity (Wildman–Crippen MR) is 92.6 cm³/mol. The zero-order valence-corrected chi connectivity index (χ0v) is 14.2. The van der Waals surface area contributed by atoms with E-state index in [0.717, 1.165) is 31.7 Å². The fraction of sp³-hybridized carbons (Fsp3) is 0.571. The van der Waals surface area contributed by atoms with Gasteiger partial charge in [0.25, 0.3) is 0 Å². The van der Waals surface area contributed by atoms with E-state index in [9.17, 15) is 4.79 Å². The van der Waals surface area contributed by atoms with Gasteiger partial charge in [0.1, 0.15) is 5.82 Å². The molecule has 0 saturated heterocycles. The molecule has 0 saturated carbocycles. The largest absolute Gasteiger partial charge is 0.370 e. The minimum absolute atomic E-state index is 0. The maximum atomic E-state index is 11.6. The number of anilines is 1. The second-order valence-electron chi connectivity index (χ2n) is 4.60. The number of nitrogens with one attached hydrogen (secondary N) is 3. The number of hydrogen-bond donors (Lipinski definition) is 3. The summed E-state index contributed by atoms with van der Waals surface area (Å²) in [7, 11) is 1.85. The quantitative estimate of drug-likeness (QED) is 0.604. The molecular formula is C14H26Cl2N4O. The molecule has 0 spiro atoms. The lowest BCUT2D eigenvalue weighted by Gasteiger charge is -2.11. The highest BCUT2D eigenvalue weighted by Gasteiger charge is 2.10. The number of carbonyl (C=O) groups excluding carboxylic acids is 1. The number of nitrogens with zero attached hydrogens (tertiary/aromatic N) is 1. The van der Waals surface area contributed by atoms with Gasteiger partial charge in [-0.1, -0.05) is 13.0 Å². The van der Waals surface area contributed by atoms with Crippen molar-refractivity contribution in [1.29, 1.82) is 0 Å². The molecule has 1 rings (SSSR count). The van der Waals surface area contributed by atoms with Crippen LogP contribution in [0.15, 0.2) is 24.4 Å². The first-order valence-electron chi connectivity index (χ1n) is 6.81. The zero-order chi connectivity index (χ0) is 13.9. The van der Waals surface area contributed by atoms with E-state index in [4.69, 9.17) is 0 Å². The van der Waals surface area contributed by atoms with E-state index in [0.29, 0.717) is 6.54 Å². The van der Waals surface area contributed by atoms with Crippen LogP contribution in [-0.2, 0) is 4.79 Å². The Morgan fingerprint density at radius 1 is 1.24 bits per heavy atom. The normalized spacial score (nSPS) is 10.8. The van der Waals surface area contributed by atoms with Gasteiger partial charge in [-0.3, -0.25) is 4.79 Å². The lowest BCUT2D eigenvalue weighted by atomic mass is 10.1. The molecule has 0 aliphatic carbocycles. The van der Waals surface area contributed by atoms with Crippen molar-refractivity contribution in [2.24, 2.45) is 5.92 Å². The topological polar surface area (TPSA) is 66.1 Å². The van der Waals surface area contributed by atoms with Gasteiger partial charge in [0.05, 0.1) is 0 Å². The molecular weight excluding hydrogens is 311 g/mol. The third kappa shape index (κ3) is 10.3. The first kappa shape index (κ1) is 22.2. The Balaban J connectivity index is 0. The van der Waals surface area contributed by atoms with Gasteiger partial charge in [-0.25, -0.2) is 4.98 Å². The molecule has 1 amide bonds. The van der Waals surface area contributed by atoms with Crippen LogP contribution in [0.5, 0.6) is 0 Å². The van der Waals surface area contributed by atoms with Crippen molar-refractivity contribution in [3.63, 3.8) is 0 Å². The third-order valence-electron chi connectivity index (χ3n) is 2.83. The second-order valence-corrected chi connectivity index (χ2v) is 4.60. The molecule has 0 aliphatic rings. The number of pyridine rings is 1. The summed E-state index contributed by atoms with van der Waals surface area (Å²) in [5, 5.41) is 9.19. The molecule has 7 heteroatoms. The molecule has 1 unspecified atom stereocenters. The molecule has 0 aromatic carbocycles. The summed E-state index contributed by atoms with van der Waals surface area (Å²) in [6, 6.07) is 5.80. The first-order chi connectivity index (χ1) is 9.24. The summed E-state index contributed by atoms with van der Waals surface area (Å²) in [6.07, 6.45) is 3.75. The summed E-state index contributed by atoms with van der Waals surface area (Å²) in [4.78, 5) is 15.8. The minimum Gasteiger partial charge on any atom is -0.370 e. The molecule has 1 heterocycles. The van der Waals surface area contributed by atoms with E-state index in [2.05, 4.69) is 20.9 Å². The van der Waals surface area contributed by atoms with E-state index in [-0.39, 0.29) is 36.6 Å². The highest BCUT2D eigenvalue weighted by molar-refractivity contribution is 5.85. The van der Waals surface area contributed by atoms with E-state index < -0.39 is 0 Å². The second kappa shape index (κ2) is 13.9. The predicted octanol–water partition coefficient (Wildman–Crippen LogP) is 2.09. The van der Waals surface area contributed by atoms with Crippen LogP contribution in [0.25, 0.3) is 0 Å². The molecule has 0 bridgehead atoms. The van der Waals surface area contributed by atoms with Crippen LogP contribution in [0.1, 0.15) is 19.8 Å². The average molecular weight is 337 g/mol. The molecule has 1 aromatic heterocycles. The van der Waals surface area contributed by atoms with Gasteiger partial charge >= 0.3 is 0 Å². The molecule has 1 aromatic rings. The molecule has 21 heavy (non-hydrogen) atoms. The van der Waals surface area contributed by atoms with Crippen LogP contribution in [0.4, 0.5) is 5.82 Å². The molecule has 3 N–H and O–H groups in total. The van der Waals surface area contributed by atoms with Crippen molar-refractivity contribution in [3.8, 4) is 0 Å². The van der Waals surface area contributed by atoms with Crippen LogP contribution in [-0.4, -0.2) is 37.6 Å². The Bertz CT molecular complexity index is 365. The van der Waals surface area contributed by atoms with Crippen molar-refractivity contribution in [2.45, 2.75) is 19.8 Å². The van der Waals surface area contributed by atoms with Gasteiger partial charge in [0.15, 0.2) is 0 Å². The summed E-state index contributed by atoms with van der Waals surface area (Å²) in [5.41, 5.74) is 0. The highest BCUT2D eigenvalue weighted by atomic mass is 35.5. The van der Waals surface area contributed by atoms with E-state index in [1.165, 1.54) is 0 Å². The Kier molecular flexibility index (Phi) is 14.7. The number of halogens is 2. The fourth-order valence-electron chi connectivity index (χ4n) is 1.72. The Morgan fingerprint density at radius 3 is 2.57 bits per heavy atom. The number of hydrogen-bond acceptors (Lipinski definition) is 4. The smallest absolute Gasteiger partial charge is 0.224 e. The maximum Gasteiger partial charge on any atom is 0.224 e. The van der Waals surface area contributed by atoms with Crippen molar-refractivity contribution >= 4 is 36.5 Å². The molecule has 5 nitrogen and oxygen atoms in total. The Hall–Kier alpha value is -1.04. The zero-order valence-electron chi connectivity index (χ0n) is 12.6. The van der Waals surface area contributed by atoms with Crippen molar-refractivity contribution < 1.29 is 4.79 Å². The molecule has 122 valence electrons. The van der Waals surface area contributed by atoms with Gasteiger partial charge in [-0.15, -0.1) is 24.8 Å². The van der Waals surface area contributed by atoms with Crippen LogP contribution >= 0.6 is 24.8 Å². The lowest BCUT2D eigenvalue weighted by molar-refractivity contribution is -0.124. The van der Waals surface area contributed by atoms with E-state index >= 15 is 0 Å². The Morgan fingerprint density at radius 2 is 1.95 bits per heavy atom. The average Bonchev–Trinajstić information content (AvgIpc) is 2.43. The fourth-order valence-corrected chi connectivity index (χ4v) is 1.72. The maximum absolute atomic E-state index is 11.6. The van der Waals surface area contributed by atoms with Gasteiger partial charge in [0, 0.05) is 31.7 Å². The summed E-state index contributed by atoms with van der Waals surface area (Å²) in [6.45, 7) is 4.25. The number of unbranched alkanes of at least 4 members (excludes halogenated alkanes) is 1. The Labute approximate surface area is 139 Å². The van der Waals surface area contributed by atoms with Gasteiger partial charge in [0.2, 0.25) is 5.91 Å². The van der Waals surface area contributed by atoms with E-state index in [1.54, 1.807) is 6.20 Å². The summed E-state index contributed by atoms with van der Waals surface area (Å²) in [5.74, 6) is 1.04. The van der Waals surface area contributed by atoms with Crippen molar-refractivity contribution in [1.82, 2.24) is 15.6 Å². The molecule has 0 fully saturated rings. The first-order valence-corrected chi connectivity index (χ1v) is 6.81. The lowest BCUT2D eigenvalue weighted by Crippen LogP contribution is -2.34. The van der Waals surface area contributed by atoms with Gasteiger partial charge in [-0.2, -0.15) is 0 Å². The summed E-state index contributed by atoms with van der Waals surface area (Å²) < 4.78 is 0. The van der Waals surface area contributed by atoms with Crippen LogP contribution in [0.3, 0.4) is 0 Å².